The van der Waals surface area contributed by atoms with Crippen LogP contribution in [0, 0.1) is 12.7 Å². The lowest BCUT2D eigenvalue weighted by Gasteiger charge is -2.19. The fraction of sp³-hybridized carbons (Fsp3) is 0.316. The van der Waals surface area contributed by atoms with Crippen molar-refractivity contribution >= 4 is 29.3 Å². The number of nitrogens with one attached hydrogen (secondary N) is 1. The average Bonchev–Trinajstić information content (AvgIpc) is 2.55. The number of hydrogen-bond acceptors (Lipinski definition) is 2. The number of benzene rings is 2. The zero-order valence-corrected chi connectivity index (χ0v) is 15.4. The van der Waals surface area contributed by atoms with Gasteiger partial charge in [-0.15, -0.1) is 11.8 Å². The first-order valence-corrected chi connectivity index (χ1v) is 9.41. The summed E-state index contributed by atoms with van der Waals surface area (Å²) >= 11 is 7.13. The van der Waals surface area contributed by atoms with Crippen LogP contribution < -0.4 is 5.32 Å². The molecule has 2 aromatic carbocycles. The molecular weight excluding hydrogens is 345 g/mol. The normalized spacial score (nSPS) is 12.0. The topological polar surface area (TPSA) is 29.1 Å². The average molecular weight is 366 g/mol. The maximum absolute atomic E-state index is 13.7. The number of carbonyl (C=O) groups excluding carboxylic acids is 1. The third-order valence-electron chi connectivity index (χ3n) is 3.81. The van der Waals surface area contributed by atoms with Crippen molar-refractivity contribution in [1.82, 2.24) is 5.32 Å². The van der Waals surface area contributed by atoms with E-state index in [0.29, 0.717) is 22.1 Å². The minimum absolute atomic E-state index is 0.00608. The summed E-state index contributed by atoms with van der Waals surface area (Å²) in [7, 11) is 0. The molecule has 1 amide bonds. The van der Waals surface area contributed by atoms with Crippen LogP contribution in [0.5, 0.6) is 0 Å². The zero-order valence-electron chi connectivity index (χ0n) is 13.8. The fourth-order valence-corrected chi connectivity index (χ4v) is 3.49. The summed E-state index contributed by atoms with van der Waals surface area (Å²) in [6.07, 6.45) is 0.826. The second kappa shape index (κ2) is 9.09. The van der Waals surface area contributed by atoms with Crippen LogP contribution in [-0.4, -0.2) is 11.7 Å². The first kappa shape index (κ1) is 18.8. The summed E-state index contributed by atoms with van der Waals surface area (Å²) < 4.78 is 13.7. The first-order chi connectivity index (χ1) is 11.5. The van der Waals surface area contributed by atoms with Gasteiger partial charge in [0, 0.05) is 10.8 Å². The highest BCUT2D eigenvalue weighted by Crippen LogP contribution is 2.22. The molecule has 0 heterocycles. The van der Waals surface area contributed by atoms with Gasteiger partial charge in [0.2, 0.25) is 5.91 Å². The van der Waals surface area contributed by atoms with Crippen LogP contribution >= 0.6 is 23.4 Å². The molecule has 0 aliphatic heterocycles. The highest BCUT2D eigenvalue weighted by atomic mass is 35.5. The lowest BCUT2D eigenvalue weighted by molar-refractivity contribution is -0.119. The Labute approximate surface area is 151 Å². The molecule has 0 bridgehead atoms. The molecule has 2 aromatic rings. The van der Waals surface area contributed by atoms with Crippen LogP contribution in [0.15, 0.2) is 42.5 Å². The van der Waals surface area contributed by atoms with E-state index in [1.54, 1.807) is 12.1 Å². The largest absolute Gasteiger partial charge is 0.349 e. The van der Waals surface area contributed by atoms with Crippen LogP contribution in [0.2, 0.25) is 5.02 Å². The molecule has 0 spiro atoms. The number of thioether (sulfide) groups is 1. The SMILES string of the molecule is CCC(NC(=O)CSCc1ccc(Cl)cc1F)c1ccccc1C. The molecule has 0 fully saturated rings. The van der Waals surface area contributed by atoms with Gasteiger partial charge < -0.3 is 5.32 Å². The molecule has 24 heavy (non-hydrogen) atoms. The smallest absolute Gasteiger partial charge is 0.230 e. The standard InChI is InChI=1S/C19H21ClFNOS/c1-3-18(16-7-5-4-6-13(16)2)22-19(23)12-24-11-14-8-9-15(20)10-17(14)21/h4-10,18H,3,11-12H2,1-2H3,(H,22,23). The summed E-state index contributed by atoms with van der Waals surface area (Å²) in [5, 5.41) is 3.44. The number of carbonyl (C=O) groups is 1. The summed E-state index contributed by atoms with van der Waals surface area (Å²) in [6.45, 7) is 4.09. The maximum Gasteiger partial charge on any atom is 0.230 e. The van der Waals surface area contributed by atoms with Gasteiger partial charge in [0.15, 0.2) is 0 Å². The maximum atomic E-state index is 13.7. The summed E-state index contributed by atoms with van der Waals surface area (Å²) in [4.78, 5) is 12.2. The van der Waals surface area contributed by atoms with E-state index in [0.717, 1.165) is 12.0 Å². The molecule has 0 aromatic heterocycles. The number of amides is 1. The second-order valence-corrected chi connectivity index (χ2v) is 7.04. The van der Waals surface area contributed by atoms with Crippen LogP contribution in [0.25, 0.3) is 0 Å². The molecule has 0 radical (unpaired) electrons. The van der Waals surface area contributed by atoms with Crippen molar-refractivity contribution in [1.29, 1.82) is 0 Å². The van der Waals surface area contributed by atoms with Crippen molar-refractivity contribution in [3.8, 4) is 0 Å². The number of hydrogen-bond donors (Lipinski definition) is 1. The molecule has 1 unspecified atom stereocenters. The van der Waals surface area contributed by atoms with Gasteiger partial charge in [-0.1, -0.05) is 48.9 Å². The van der Waals surface area contributed by atoms with Crippen molar-refractivity contribution < 1.29 is 9.18 Å². The molecule has 2 nitrogen and oxygen atoms in total. The molecule has 128 valence electrons. The monoisotopic (exact) mass is 365 g/mol. The van der Waals surface area contributed by atoms with Gasteiger partial charge in [-0.3, -0.25) is 4.79 Å². The Morgan fingerprint density at radius 1 is 1.29 bits per heavy atom. The number of halogens is 2. The number of rotatable bonds is 7. The van der Waals surface area contributed by atoms with Gasteiger partial charge in [0.25, 0.3) is 0 Å². The van der Waals surface area contributed by atoms with E-state index in [1.807, 2.05) is 38.1 Å². The van der Waals surface area contributed by atoms with Crippen molar-refractivity contribution in [3.63, 3.8) is 0 Å². The van der Waals surface area contributed by atoms with Crippen molar-refractivity contribution in [3.05, 3.63) is 70.0 Å². The van der Waals surface area contributed by atoms with Crippen molar-refractivity contribution in [2.75, 3.05) is 5.75 Å². The molecule has 0 aliphatic rings. The molecule has 1 atom stereocenters. The summed E-state index contributed by atoms with van der Waals surface area (Å²) in [5.74, 6) is 0.369. The molecule has 5 heteroatoms. The van der Waals surface area contributed by atoms with Gasteiger partial charge >= 0.3 is 0 Å². The van der Waals surface area contributed by atoms with Gasteiger partial charge in [-0.05, 0) is 42.2 Å². The predicted octanol–water partition coefficient (Wildman–Crippen LogP) is 5.29. The van der Waals surface area contributed by atoms with Gasteiger partial charge in [0.05, 0.1) is 11.8 Å². The molecule has 0 saturated carbocycles. The lowest BCUT2D eigenvalue weighted by atomic mass is 9.99. The minimum atomic E-state index is -0.332. The van der Waals surface area contributed by atoms with E-state index in [-0.39, 0.29) is 17.8 Å². The Morgan fingerprint density at radius 2 is 2.04 bits per heavy atom. The number of aryl methyl sites for hydroxylation is 1. The second-order valence-electron chi connectivity index (χ2n) is 5.61. The lowest BCUT2D eigenvalue weighted by Crippen LogP contribution is -2.30. The third kappa shape index (κ3) is 5.25. The Bertz CT molecular complexity index is 708. The molecule has 1 N–H and O–H groups in total. The Morgan fingerprint density at radius 3 is 2.71 bits per heavy atom. The highest BCUT2D eigenvalue weighted by Gasteiger charge is 2.14. The quantitative estimate of drug-likeness (QED) is 0.722. The fourth-order valence-electron chi connectivity index (χ4n) is 2.51. The van der Waals surface area contributed by atoms with E-state index < -0.39 is 0 Å². The molecule has 0 saturated heterocycles. The van der Waals surface area contributed by atoms with Crippen LogP contribution in [0.4, 0.5) is 4.39 Å². The van der Waals surface area contributed by atoms with Gasteiger partial charge in [-0.2, -0.15) is 0 Å². The first-order valence-electron chi connectivity index (χ1n) is 7.87. The highest BCUT2D eigenvalue weighted by molar-refractivity contribution is 7.99. The van der Waals surface area contributed by atoms with E-state index in [4.69, 9.17) is 11.6 Å². The van der Waals surface area contributed by atoms with E-state index in [2.05, 4.69) is 5.32 Å². The predicted molar refractivity (Wildman–Crippen MR) is 99.9 cm³/mol. The van der Waals surface area contributed by atoms with Gasteiger partial charge in [-0.25, -0.2) is 4.39 Å². The molecule has 0 aliphatic carbocycles. The van der Waals surface area contributed by atoms with Crippen molar-refractivity contribution in [2.45, 2.75) is 32.1 Å². The Balaban J connectivity index is 1.87. The van der Waals surface area contributed by atoms with Crippen LogP contribution in [0.1, 0.15) is 36.1 Å². The van der Waals surface area contributed by atoms with Crippen LogP contribution in [0.3, 0.4) is 0 Å². The van der Waals surface area contributed by atoms with E-state index in [1.165, 1.54) is 23.4 Å². The van der Waals surface area contributed by atoms with Crippen LogP contribution in [-0.2, 0) is 10.5 Å². The summed E-state index contributed by atoms with van der Waals surface area (Å²) in [6, 6.07) is 12.7. The summed E-state index contributed by atoms with van der Waals surface area (Å²) in [5.41, 5.74) is 2.87. The van der Waals surface area contributed by atoms with E-state index in [9.17, 15) is 9.18 Å². The Kier molecular flexibility index (Phi) is 7.13. The van der Waals surface area contributed by atoms with E-state index >= 15 is 0 Å². The van der Waals surface area contributed by atoms with Gasteiger partial charge in [0.1, 0.15) is 5.82 Å². The van der Waals surface area contributed by atoms with Crippen molar-refractivity contribution in [2.24, 2.45) is 0 Å². The zero-order chi connectivity index (χ0) is 17.5. The third-order valence-corrected chi connectivity index (χ3v) is 5.03. The molecular formula is C19H21ClFNOS. The Hall–Kier alpha value is -1.52. The minimum Gasteiger partial charge on any atom is -0.349 e. The molecule has 2 rings (SSSR count).